The molecule has 10 heteroatoms. The summed E-state index contributed by atoms with van der Waals surface area (Å²) in [6.07, 6.45) is 3.38. The summed E-state index contributed by atoms with van der Waals surface area (Å²) >= 11 is 0. The summed E-state index contributed by atoms with van der Waals surface area (Å²) in [5.41, 5.74) is 7.32. The highest BCUT2D eigenvalue weighted by molar-refractivity contribution is 6.05. The Balaban J connectivity index is 1.63. The van der Waals surface area contributed by atoms with E-state index in [1.807, 2.05) is 30.3 Å². The van der Waals surface area contributed by atoms with E-state index < -0.39 is 0 Å². The maximum absolute atomic E-state index is 13.9. The normalized spacial score (nSPS) is 15.8. The van der Waals surface area contributed by atoms with Gasteiger partial charge in [-0.25, -0.2) is 4.79 Å². The molecule has 3 N–H and O–H groups in total. The first kappa shape index (κ1) is 22.9. The number of imidazole rings is 1. The van der Waals surface area contributed by atoms with Crippen molar-refractivity contribution in [1.82, 2.24) is 19.0 Å². The average Bonchev–Trinajstić information content (AvgIpc) is 3.51. The van der Waals surface area contributed by atoms with E-state index in [2.05, 4.69) is 16.7 Å². The van der Waals surface area contributed by atoms with E-state index in [4.69, 9.17) is 10.5 Å². The second kappa shape index (κ2) is 9.41. The molecule has 0 spiro atoms. The van der Waals surface area contributed by atoms with Gasteiger partial charge in [0, 0.05) is 19.3 Å². The zero-order chi connectivity index (χ0) is 25.2. The second-order valence-corrected chi connectivity index (χ2v) is 8.34. The van der Waals surface area contributed by atoms with E-state index in [1.165, 1.54) is 16.8 Å². The maximum atomic E-state index is 13.9. The SMILES string of the molecule is C=CC(=O)N1CCC(n2c(=O)n(-c3ccc(Oc4ccccc4)cc3)c3c(/C(N)=N/O)nccc32)C1. The van der Waals surface area contributed by atoms with E-state index in [0.717, 1.165) is 0 Å². The van der Waals surface area contributed by atoms with Crippen LogP contribution in [0.4, 0.5) is 0 Å². The minimum Gasteiger partial charge on any atom is -0.457 e. The average molecular weight is 485 g/mol. The van der Waals surface area contributed by atoms with Gasteiger partial charge in [0.05, 0.1) is 17.2 Å². The molecule has 1 unspecified atom stereocenters. The fourth-order valence-electron chi connectivity index (χ4n) is 4.56. The summed E-state index contributed by atoms with van der Waals surface area (Å²) in [5.74, 6) is 0.899. The predicted molar refractivity (Wildman–Crippen MR) is 135 cm³/mol. The van der Waals surface area contributed by atoms with Crippen molar-refractivity contribution in [3.8, 4) is 17.2 Å². The molecule has 0 saturated carbocycles. The number of pyridine rings is 1. The number of amides is 1. The van der Waals surface area contributed by atoms with Crippen LogP contribution in [-0.4, -0.2) is 49.1 Å². The first-order valence-corrected chi connectivity index (χ1v) is 11.4. The highest BCUT2D eigenvalue weighted by Gasteiger charge is 2.31. The predicted octanol–water partition coefficient (Wildman–Crippen LogP) is 3.03. The molecule has 1 amide bonds. The Bertz CT molecular complexity index is 1520. The van der Waals surface area contributed by atoms with Crippen LogP contribution in [0.1, 0.15) is 18.2 Å². The lowest BCUT2D eigenvalue weighted by atomic mass is 10.2. The zero-order valence-electron chi connectivity index (χ0n) is 19.3. The van der Waals surface area contributed by atoms with Crippen molar-refractivity contribution < 1.29 is 14.7 Å². The van der Waals surface area contributed by atoms with Crippen LogP contribution in [0, 0.1) is 0 Å². The van der Waals surface area contributed by atoms with Crippen molar-refractivity contribution in [2.45, 2.75) is 12.5 Å². The van der Waals surface area contributed by atoms with Gasteiger partial charge >= 0.3 is 5.69 Å². The lowest BCUT2D eigenvalue weighted by Gasteiger charge is -2.15. The Kier molecular flexibility index (Phi) is 5.99. The van der Waals surface area contributed by atoms with Crippen LogP contribution in [0.5, 0.6) is 11.5 Å². The molecule has 2 aromatic carbocycles. The third-order valence-corrected chi connectivity index (χ3v) is 6.22. The van der Waals surface area contributed by atoms with Gasteiger partial charge in [-0.3, -0.25) is 18.9 Å². The number of hydrogen-bond acceptors (Lipinski definition) is 6. The third-order valence-electron chi connectivity index (χ3n) is 6.22. The molecule has 2 aromatic heterocycles. The largest absolute Gasteiger partial charge is 0.457 e. The van der Waals surface area contributed by atoms with Crippen LogP contribution in [0.2, 0.25) is 0 Å². The zero-order valence-corrected chi connectivity index (χ0v) is 19.3. The minimum absolute atomic E-state index is 0.174. The van der Waals surface area contributed by atoms with Crippen molar-refractivity contribution in [2.75, 3.05) is 13.1 Å². The number of ether oxygens (including phenoxy) is 1. The molecule has 3 heterocycles. The molecule has 10 nitrogen and oxygen atoms in total. The van der Waals surface area contributed by atoms with Gasteiger partial charge in [0.25, 0.3) is 0 Å². The molecule has 1 aliphatic heterocycles. The Morgan fingerprint density at radius 3 is 2.56 bits per heavy atom. The van der Waals surface area contributed by atoms with Gasteiger partial charge in [0.2, 0.25) is 5.91 Å². The number of fused-ring (bicyclic) bond motifs is 1. The van der Waals surface area contributed by atoms with Crippen molar-refractivity contribution in [1.29, 1.82) is 0 Å². The van der Waals surface area contributed by atoms with E-state index in [-0.39, 0.29) is 29.2 Å². The molecule has 0 aliphatic carbocycles. The van der Waals surface area contributed by atoms with Crippen LogP contribution in [0.3, 0.4) is 0 Å². The van der Waals surface area contributed by atoms with Gasteiger partial charge in [0.1, 0.15) is 22.7 Å². The molecule has 1 aliphatic rings. The molecule has 1 atom stereocenters. The fourth-order valence-corrected chi connectivity index (χ4v) is 4.56. The molecule has 36 heavy (non-hydrogen) atoms. The van der Waals surface area contributed by atoms with E-state index in [0.29, 0.717) is 47.7 Å². The maximum Gasteiger partial charge on any atom is 0.334 e. The van der Waals surface area contributed by atoms with Crippen molar-refractivity contribution in [3.05, 3.63) is 95.7 Å². The Hall–Kier alpha value is -4.86. The van der Waals surface area contributed by atoms with Crippen molar-refractivity contribution in [2.24, 2.45) is 10.9 Å². The molecule has 1 fully saturated rings. The van der Waals surface area contributed by atoms with Crippen molar-refractivity contribution in [3.63, 3.8) is 0 Å². The number of benzene rings is 2. The summed E-state index contributed by atoms with van der Waals surface area (Å²) in [7, 11) is 0. The van der Waals surface area contributed by atoms with Gasteiger partial charge in [-0.1, -0.05) is 29.9 Å². The van der Waals surface area contributed by atoms with Crippen LogP contribution in [0.25, 0.3) is 16.7 Å². The molecular weight excluding hydrogens is 460 g/mol. The van der Waals surface area contributed by atoms with Crippen molar-refractivity contribution >= 4 is 22.8 Å². The lowest BCUT2D eigenvalue weighted by molar-refractivity contribution is -0.125. The number of carbonyl (C=O) groups excluding carboxylic acids is 1. The Morgan fingerprint density at radius 1 is 1.14 bits per heavy atom. The first-order valence-electron chi connectivity index (χ1n) is 11.4. The Morgan fingerprint density at radius 2 is 1.86 bits per heavy atom. The lowest BCUT2D eigenvalue weighted by Crippen LogP contribution is -2.31. The van der Waals surface area contributed by atoms with Crippen LogP contribution >= 0.6 is 0 Å². The van der Waals surface area contributed by atoms with E-state index in [1.54, 1.807) is 39.8 Å². The summed E-state index contributed by atoms with van der Waals surface area (Å²) in [5, 5.41) is 12.5. The van der Waals surface area contributed by atoms with Gasteiger partial charge in [-0.05, 0) is 55.0 Å². The number of oxime groups is 1. The number of nitrogens with zero attached hydrogens (tertiary/aromatic N) is 5. The fraction of sp³-hybridized carbons (Fsp3) is 0.154. The molecule has 182 valence electrons. The van der Waals surface area contributed by atoms with Gasteiger partial charge < -0.3 is 20.6 Å². The topological polar surface area (TPSA) is 128 Å². The van der Waals surface area contributed by atoms with E-state index in [9.17, 15) is 14.8 Å². The number of nitrogens with two attached hydrogens (primary N) is 1. The van der Waals surface area contributed by atoms with Gasteiger partial charge in [-0.2, -0.15) is 0 Å². The Labute approximate surface area is 206 Å². The monoisotopic (exact) mass is 484 g/mol. The molecule has 0 radical (unpaired) electrons. The molecular formula is C26H24N6O4. The number of carbonyl (C=O) groups is 1. The summed E-state index contributed by atoms with van der Waals surface area (Å²) in [6, 6.07) is 17.9. The third kappa shape index (κ3) is 3.98. The molecule has 4 aromatic rings. The number of amidine groups is 1. The second-order valence-electron chi connectivity index (χ2n) is 8.34. The van der Waals surface area contributed by atoms with Crippen LogP contribution in [0.15, 0.2) is 89.5 Å². The molecule has 5 rings (SSSR count). The molecule has 1 saturated heterocycles. The highest BCUT2D eigenvalue weighted by atomic mass is 16.5. The smallest absolute Gasteiger partial charge is 0.334 e. The quantitative estimate of drug-likeness (QED) is 0.142. The number of hydrogen-bond donors (Lipinski definition) is 2. The number of likely N-dealkylation sites (tertiary alicyclic amines) is 1. The number of rotatable bonds is 6. The van der Waals surface area contributed by atoms with Crippen LogP contribution < -0.4 is 16.2 Å². The minimum atomic E-state index is -0.320. The summed E-state index contributed by atoms with van der Waals surface area (Å²) in [6.45, 7) is 4.44. The summed E-state index contributed by atoms with van der Waals surface area (Å²) < 4.78 is 9.01. The number of aromatic nitrogens is 3. The van der Waals surface area contributed by atoms with E-state index >= 15 is 0 Å². The standard InChI is InChI=1S/C26H24N6O4/c1-2-22(33)30-15-13-18(16-30)31-21-12-14-28-23(25(27)29-35)24(21)32(26(31)34)17-8-10-20(11-9-17)36-19-6-4-3-5-7-19/h2-12,14,18,35H,1,13,15-16H2,(H2,27,29). The van der Waals surface area contributed by atoms with Gasteiger partial charge in [0.15, 0.2) is 5.84 Å². The number of para-hydroxylation sites is 1. The first-order chi connectivity index (χ1) is 17.5. The van der Waals surface area contributed by atoms with Crippen LogP contribution in [-0.2, 0) is 4.79 Å². The molecule has 0 bridgehead atoms. The van der Waals surface area contributed by atoms with Gasteiger partial charge in [-0.15, -0.1) is 0 Å². The summed E-state index contributed by atoms with van der Waals surface area (Å²) in [4.78, 5) is 32.0. The highest BCUT2D eigenvalue weighted by Crippen LogP contribution is 2.29.